The van der Waals surface area contributed by atoms with Crippen LogP contribution >= 0.6 is 0 Å². The molecule has 21 heavy (non-hydrogen) atoms. The van der Waals surface area contributed by atoms with Gasteiger partial charge in [0.1, 0.15) is 12.7 Å². The number of hydrogen-bond acceptors (Lipinski definition) is 4. The molecule has 0 aliphatic heterocycles. The summed E-state index contributed by atoms with van der Waals surface area (Å²) in [7, 11) is 0.500. The van der Waals surface area contributed by atoms with Gasteiger partial charge in [0.2, 0.25) is 0 Å². The molecule has 2 rings (SSSR count). The van der Waals surface area contributed by atoms with E-state index >= 15 is 0 Å². The molecule has 0 saturated heterocycles. The molecular formula is C16H23FO4. The molecule has 0 spiro atoms. The van der Waals surface area contributed by atoms with Crippen molar-refractivity contribution < 1.29 is 23.7 Å². The fourth-order valence-corrected chi connectivity index (χ4v) is 2.25. The van der Waals surface area contributed by atoms with Crippen LogP contribution in [0.2, 0.25) is 0 Å². The van der Waals surface area contributed by atoms with Gasteiger partial charge in [0.25, 0.3) is 0 Å². The van der Waals surface area contributed by atoms with Crippen molar-refractivity contribution in [1.29, 1.82) is 0 Å². The summed E-state index contributed by atoms with van der Waals surface area (Å²) in [5, 5.41) is 0. The highest BCUT2D eigenvalue weighted by atomic mass is 19.1. The number of carbonyl (C=O) groups excluding carboxylic acids is 1. The zero-order chi connectivity index (χ0) is 15.5. The third kappa shape index (κ3) is 7.20. The van der Waals surface area contributed by atoms with Gasteiger partial charge < -0.3 is 4.74 Å². The van der Waals surface area contributed by atoms with Gasteiger partial charge in [-0.05, 0) is 31.2 Å². The average molecular weight is 298 g/mol. The number of esters is 1. The summed E-state index contributed by atoms with van der Waals surface area (Å²) in [4.78, 5) is 21.5. The quantitative estimate of drug-likeness (QED) is 0.473. The van der Waals surface area contributed by atoms with Crippen LogP contribution in [-0.4, -0.2) is 25.4 Å². The van der Waals surface area contributed by atoms with Gasteiger partial charge in [-0.15, -0.1) is 0 Å². The van der Waals surface area contributed by atoms with Gasteiger partial charge in [-0.2, -0.15) is 0 Å². The van der Waals surface area contributed by atoms with E-state index in [2.05, 4.69) is 0 Å². The van der Waals surface area contributed by atoms with Crippen LogP contribution in [0.4, 0.5) is 4.39 Å². The van der Waals surface area contributed by atoms with Crippen LogP contribution in [0.1, 0.15) is 38.2 Å². The van der Waals surface area contributed by atoms with Crippen LogP contribution in [0.25, 0.3) is 0 Å². The van der Waals surface area contributed by atoms with E-state index in [1.807, 2.05) is 30.3 Å². The molecule has 1 fully saturated rings. The van der Waals surface area contributed by atoms with Crippen molar-refractivity contribution in [3.05, 3.63) is 35.9 Å². The molecule has 1 aromatic rings. The van der Waals surface area contributed by atoms with Crippen LogP contribution in [0.3, 0.4) is 0 Å². The molecule has 4 nitrogen and oxygen atoms in total. The predicted octanol–water partition coefficient (Wildman–Crippen LogP) is 3.59. The Morgan fingerprint density at radius 2 is 1.67 bits per heavy atom. The molecule has 0 amide bonds. The Hall–Kier alpha value is -1.46. The van der Waals surface area contributed by atoms with Crippen molar-refractivity contribution >= 4 is 5.97 Å². The summed E-state index contributed by atoms with van der Waals surface area (Å²) in [5.74, 6) is -0.204. The van der Waals surface area contributed by atoms with E-state index in [-0.39, 0.29) is 18.2 Å². The van der Waals surface area contributed by atoms with Crippen LogP contribution in [0.5, 0.6) is 0 Å². The normalized spacial score (nSPS) is 21.1. The fraction of sp³-hybridized carbons (Fsp3) is 0.562. The minimum atomic E-state index is -0.204. The second kappa shape index (κ2) is 10.3. The lowest BCUT2D eigenvalue weighted by atomic mass is 9.95. The molecule has 1 aliphatic carbocycles. The van der Waals surface area contributed by atoms with E-state index in [0.717, 1.165) is 31.2 Å². The van der Waals surface area contributed by atoms with E-state index in [1.54, 1.807) is 0 Å². The summed E-state index contributed by atoms with van der Waals surface area (Å²) < 4.78 is 14.7. The van der Waals surface area contributed by atoms with E-state index in [4.69, 9.17) is 14.5 Å². The zero-order valence-corrected chi connectivity index (χ0v) is 12.6. The van der Waals surface area contributed by atoms with Crippen LogP contribution < -0.4 is 0 Å². The Morgan fingerprint density at radius 3 is 2.24 bits per heavy atom. The maximum atomic E-state index is 10.8. The third-order valence-electron chi connectivity index (χ3n) is 3.23. The Kier molecular flexibility index (Phi) is 8.62. The SMILES string of the molecule is CC(=O)OC1CCC(OOCc2ccccc2)CC1.CF. The zero-order valence-electron chi connectivity index (χ0n) is 12.6. The highest BCUT2D eigenvalue weighted by Crippen LogP contribution is 2.24. The topological polar surface area (TPSA) is 44.8 Å². The van der Waals surface area contributed by atoms with E-state index < -0.39 is 0 Å². The smallest absolute Gasteiger partial charge is 0.302 e. The first-order valence-electron chi connectivity index (χ1n) is 7.11. The van der Waals surface area contributed by atoms with E-state index in [1.165, 1.54) is 6.92 Å². The predicted molar refractivity (Wildman–Crippen MR) is 77.2 cm³/mol. The number of ether oxygens (including phenoxy) is 1. The van der Waals surface area contributed by atoms with Crippen molar-refractivity contribution in [2.75, 3.05) is 7.18 Å². The average Bonchev–Trinajstić information content (AvgIpc) is 2.52. The molecule has 0 atom stereocenters. The first kappa shape index (κ1) is 17.6. The van der Waals surface area contributed by atoms with Crippen molar-refractivity contribution in [2.45, 2.75) is 51.4 Å². The molecule has 0 unspecified atom stereocenters. The molecular weight excluding hydrogens is 275 g/mol. The van der Waals surface area contributed by atoms with Gasteiger partial charge in [-0.1, -0.05) is 30.3 Å². The lowest BCUT2D eigenvalue weighted by molar-refractivity contribution is -0.338. The van der Waals surface area contributed by atoms with Crippen molar-refractivity contribution in [1.82, 2.24) is 0 Å². The molecule has 1 saturated carbocycles. The van der Waals surface area contributed by atoms with Crippen molar-refractivity contribution in [3.8, 4) is 0 Å². The fourth-order valence-electron chi connectivity index (χ4n) is 2.25. The van der Waals surface area contributed by atoms with Crippen LogP contribution in [0, 0.1) is 0 Å². The number of benzene rings is 1. The summed E-state index contributed by atoms with van der Waals surface area (Å²) in [5.41, 5.74) is 1.09. The Balaban J connectivity index is 0.00000106. The highest BCUT2D eigenvalue weighted by Gasteiger charge is 2.24. The van der Waals surface area contributed by atoms with Gasteiger partial charge >= 0.3 is 5.97 Å². The highest BCUT2D eigenvalue weighted by molar-refractivity contribution is 5.66. The van der Waals surface area contributed by atoms with Crippen molar-refractivity contribution in [3.63, 3.8) is 0 Å². The molecule has 1 aliphatic rings. The van der Waals surface area contributed by atoms with Crippen LogP contribution in [0.15, 0.2) is 30.3 Å². The van der Waals surface area contributed by atoms with Crippen LogP contribution in [-0.2, 0) is 25.9 Å². The van der Waals surface area contributed by atoms with E-state index in [9.17, 15) is 9.18 Å². The van der Waals surface area contributed by atoms with Crippen molar-refractivity contribution in [2.24, 2.45) is 0 Å². The number of halogens is 1. The third-order valence-corrected chi connectivity index (χ3v) is 3.23. The largest absolute Gasteiger partial charge is 0.463 e. The maximum Gasteiger partial charge on any atom is 0.302 e. The number of rotatable bonds is 5. The monoisotopic (exact) mass is 298 g/mol. The lowest BCUT2D eigenvalue weighted by Gasteiger charge is -2.27. The minimum Gasteiger partial charge on any atom is -0.463 e. The molecule has 1 aromatic carbocycles. The standard InChI is InChI=1S/C15H20O4.CH3F/c1-12(16)18-14-7-9-15(10-8-14)19-17-11-13-5-3-2-4-6-13;1-2/h2-6,14-15H,7-11H2,1H3;1H3. The van der Waals surface area contributed by atoms with E-state index in [0.29, 0.717) is 13.8 Å². The first-order valence-corrected chi connectivity index (χ1v) is 7.11. The Bertz CT molecular complexity index is 389. The number of hydrogen-bond donors (Lipinski definition) is 0. The molecule has 0 aromatic heterocycles. The summed E-state index contributed by atoms with van der Waals surface area (Å²) in [6.07, 6.45) is 3.58. The maximum absolute atomic E-state index is 10.8. The summed E-state index contributed by atoms with van der Waals surface area (Å²) >= 11 is 0. The molecule has 118 valence electrons. The first-order chi connectivity index (χ1) is 10.2. The molecule has 0 radical (unpaired) electrons. The van der Waals surface area contributed by atoms with Gasteiger partial charge in [0, 0.05) is 6.92 Å². The lowest BCUT2D eigenvalue weighted by Crippen LogP contribution is -2.27. The molecule has 0 heterocycles. The number of carbonyl (C=O) groups is 1. The second-order valence-corrected chi connectivity index (χ2v) is 4.85. The number of alkyl halides is 1. The van der Waals surface area contributed by atoms with Gasteiger partial charge in [0.15, 0.2) is 0 Å². The second-order valence-electron chi connectivity index (χ2n) is 4.85. The Labute approximate surface area is 125 Å². The van der Waals surface area contributed by atoms with Gasteiger partial charge in [-0.3, -0.25) is 9.18 Å². The van der Waals surface area contributed by atoms with Gasteiger partial charge in [0.05, 0.1) is 13.3 Å². The molecule has 0 N–H and O–H groups in total. The molecule has 0 bridgehead atoms. The minimum absolute atomic E-state index is 0.0477. The summed E-state index contributed by atoms with van der Waals surface area (Å²) in [6.45, 7) is 1.91. The molecule has 5 heteroatoms. The van der Waals surface area contributed by atoms with Gasteiger partial charge in [-0.25, -0.2) is 9.78 Å². The summed E-state index contributed by atoms with van der Waals surface area (Å²) in [6, 6.07) is 9.93. The Morgan fingerprint density at radius 1 is 1.10 bits per heavy atom.